The van der Waals surface area contributed by atoms with Crippen LogP contribution in [0, 0.1) is 11.3 Å². The van der Waals surface area contributed by atoms with Crippen LogP contribution >= 0.6 is 15.9 Å². The number of alkyl halides is 1. The molecule has 4 nitrogen and oxygen atoms in total. The summed E-state index contributed by atoms with van der Waals surface area (Å²) in [5.41, 5.74) is -1.04. The normalized spacial score (nSPS) is 29.7. The maximum atomic E-state index is 11.2. The number of carboxylic acid groups (broad SMARTS) is 2. The fourth-order valence-electron chi connectivity index (χ4n) is 1.62. The van der Waals surface area contributed by atoms with Crippen LogP contribution in [0.4, 0.5) is 0 Å². The van der Waals surface area contributed by atoms with Crippen LogP contribution in [-0.4, -0.2) is 27.5 Å². The molecule has 0 aromatic carbocycles. The summed E-state index contributed by atoms with van der Waals surface area (Å²) in [6.07, 6.45) is 4.46. The Morgan fingerprint density at radius 2 is 2.13 bits per heavy atom. The topological polar surface area (TPSA) is 74.6 Å². The van der Waals surface area contributed by atoms with E-state index in [4.69, 9.17) is 10.2 Å². The van der Waals surface area contributed by atoms with E-state index in [-0.39, 0.29) is 10.9 Å². The maximum absolute atomic E-state index is 11.2. The van der Waals surface area contributed by atoms with Gasteiger partial charge in [-0.2, -0.15) is 0 Å². The van der Waals surface area contributed by atoms with Crippen LogP contribution in [0.2, 0.25) is 0 Å². The first-order valence-corrected chi connectivity index (χ1v) is 5.50. The minimum atomic E-state index is -1.16. The molecule has 0 aromatic rings. The molecule has 0 bridgehead atoms. The van der Waals surface area contributed by atoms with Gasteiger partial charge in [-0.15, -0.1) is 0 Å². The summed E-state index contributed by atoms with van der Waals surface area (Å²) in [5, 5.41) is 18.3. The van der Waals surface area contributed by atoms with Crippen molar-refractivity contribution in [3.63, 3.8) is 0 Å². The number of aliphatic carboxylic acids is 2. The number of rotatable bonds is 3. The fraction of sp³-hybridized carbons (Fsp3) is 0.400. The van der Waals surface area contributed by atoms with Gasteiger partial charge >= 0.3 is 11.9 Å². The average molecular weight is 275 g/mol. The van der Waals surface area contributed by atoms with E-state index in [0.717, 1.165) is 0 Å². The number of halogens is 1. The van der Waals surface area contributed by atoms with E-state index in [1.165, 1.54) is 18.2 Å². The van der Waals surface area contributed by atoms with Crippen molar-refractivity contribution in [3.8, 4) is 0 Å². The van der Waals surface area contributed by atoms with E-state index >= 15 is 0 Å². The molecule has 0 saturated heterocycles. The molecule has 1 aliphatic rings. The first-order chi connectivity index (χ1) is 6.95. The second-order valence-corrected chi connectivity index (χ2v) is 4.05. The minimum absolute atomic E-state index is 0.124. The summed E-state index contributed by atoms with van der Waals surface area (Å²) in [5.74, 6) is -2.65. The second kappa shape index (κ2) is 4.18. The molecule has 0 saturated carbocycles. The smallest absolute Gasteiger partial charge is 0.331 e. The molecule has 2 atom stereocenters. The third-order valence-corrected chi connectivity index (χ3v) is 3.70. The van der Waals surface area contributed by atoms with E-state index in [1.807, 2.05) is 0 Å². The molecule has 1 aliphatic carbocycles. The van der Waals surface area contributed by atoms with Crippen molar-refractivity contribution in [2.75, 3.05) is 5.33 Å². The van der Waals surface area contributed by atoms with Crippen LogP contribution in [0.1, 0.15) is 6.92 Å². The highest BCUT2D eigenvalue weighted by Gasteiger charge is 2.45. The highest BCUT2D eigenvalue weighted by molar-refractivity contribution is 9.09. The molecule has 82 valence electrons. The van der Waals surface area contributed by atoms with E-state index in [9.17, 15) is 9.59 Å². The average Bonchev–Trinajstić information content (AvgIpc) is 2.17. The molecule has 0 aliphatic heterocycles. The SMILES string of the molecule is CC1C(C(=O)O)=CC=CC1(CBr)C(=O)O. The van der Waals surface area contributed by atoms with E-state index < -0.39 is 23.3 Å². The zero-order valence-corrected chi connectivity index (χ0v) is 9.69. The Bertz CT molecular complexity index is 358. The van der Waals surface area contributed by atoms with Crippen LogP contribution in [0.25, 0.3) is 0 Å². The maximum Gasteiger partial charge on any atom is 0.331 e. The Morgan fingerprint density at radius 3 is 2.53 bits per heavy atom. The second-order valence-electron chi connectivity index (χ2n) is 3.49. The van der Waals surface area contributed by atoms with Crippen LogP contribution in [0.5, 0.6) is 0 Å². The molecule has 0 heterocycles. The molecule has 0 radical (unpaired) electrons. The lowest BCUT2D eigenvalue weighted by Crippen LogP contribution is -2.40. The van der Waals surface area contributed by atoms with Gasteiger partial charge in [0.1, 0.15) is 5.41 Å². The zero-order valence-electron chi connectivity index (χ0n) is 8.11. The van der Waals surface area contributed by atoms with E-state index in [2.05, 4.69) is 15.9 Å². The highest BCUT2D eigenvalue weighted by Crippen LogP contribution is 2.39. The lowest BCUT2D eigenvalue weighted by molar-refractivity contribution is -0.147. The predicted molar refractivity (Wildman–Crippen MR) is 57.9 cm³/mol. The molecule has 0 fully saturated rings. The highest BCUT2D eigenvalue weighted by atomic mass is 79.9. The Morgan fingerprint density at radius 1 is 1.53 bits per heavy atom. The van der Waals surface area contributed by atoms with Crippen molar-refractivity contribution in [2.24, 2.45) is 11.3 Å². The van der Waals surface area contributed by atoms with Crippen molar-refractivity contribution in [1.82, 2.24) is 0 Å². The molecule has 5 heteroatoms. The molecule has 1 rings (SSSR count). The first-order valence-electron chi connectivity index (χ1n) is 4.37. The third kappa shape index (κ3) is 1.84. The molecule has 2 N–H and O–H groups in total. The van der Waals surface area contributed by atoms with Gasteiger partial charge in [0.2, 0.25) is 0 Å². The summed E-state index contributed by atoms with van der Waals surface area (Å²) in [6.45, 7) is 1.61. The predicted octanol–water partition coefficient (Wildman–Crippen LogP) is 1.67. The van der Waals surface area contributed by atoms with Crippen molar-refractivity contribution >= 4 is 27.9 Å². The molecular weight excluding hydrogens is 264 g/mol. The van der Waals surface area contributed by atoms with Gasteiger partial charge in [-0.05, 0) is 0 Å². The van der Waals surface area contributed by atoms with Gasteiger partial charge in [-0.1, -0.05) is 41.1 Å². The Hall–Kier alpha value is -1.10. The van der Waals surface area contributed by atoms with Gasteiger partial charge in [-0.3, -0.25) is 4.79 Å². The van der Waals surface area contributed by atoms with Gasteiger partial charge in [0.15, 0.2) is 0 Å². The standard InChI is InChI=1S/C10H11BrO4/c1-6-7(8(12)13)3-2-4-10(6,5-11)9(14)15/h2-4,6H,5H2,1H3,(H,12,13)(H,14,15). The van der Waals surface area contributed by atoms with Gasteiger partial charge < -0.3 is 10.2 Å². The summed E-state index contributed by atoms with van der Waals surface area (Å²) < 4.78 is 0. The van der Waals surface area contributed by atoms with E-state index in [0.29, 0.717) is 0 Å². The quantitative estimate of drug-likeness (QED) is 0.768. The van der Waals surface area contributed by atoms with Crippen molar-refractivity contribution < 1.29 is 19.8 Å². The molecular formula is C10H11BrO4. The molecule has 15 heavy (non-hydrogen) atoms. The van der Waals surface area contributed by atoms with E-state index in [1.54, 1.807) is 6.92 Å². The van der Waals surface area contributed by atoms with Crippen LogP contribution in [-0.2, 0) is 9.59 Å². The first kappa shape index (κ1) is 12.0. The lowest BCUT2D eigenvalue weighted by Gasteiger charge is -2.33. The van der Waals surface area contributed by atoms with Gasteiger partial charge in [0.25, 0.3) is 0 Å². The number of carboxylic acids is 2. The summed E-state index contributed by atoms with van der Waals surface area (Å²) in [6, 6.07) is 0. The minimum Gasteiger partial charge on any atom is -0.481 e. The third-order valence-electron chi connectivity index (χ3n) is 2.77. The molecule has 0 spiro atoms. The van der Waals surface area contributed by atoms with Crippen molar-refractivity contribution in [2.45, 2.75) is 6.92 Å². The fourth-order valence-corrected chi connectivity index (χ4v) is 2.53. The number of allylic oxidation sites excluding steroid dienone is 2. The summed E-state index contributed by atoms with van der Waals surface area (Å²) >= 11 is 3.13. The van der Waals surface area contributed by atoms with Crippen LogP contribution in [0.15, 0.2) is 23.8 Å². The largest absolute Gasteiger partial charge is 0.481 e. The molecule has 0 aromatic heterocycles. The van der Waals surface area contributed by atoms with Crippen molar-refractivity contribution in [3.05, 3.63) is 23.8 Å². The Labute approximate surface area is 95.4 Å². The van der Waals surface area contributed by atoms with Gasteiger partial charge in [0.05, 0.1) is 0 Å². The van der Waals surface area contributed by atoms with Gasteiger partial charge in [0, 0.05) is 16.8 Å². The molecule has 0 amide bonds. The Kier molecular flexibility index (Phi) is 3.34. The number of hydrogen-bond donors (Lipinski definition) is 2. The summed E-state index contributed by atoms with van der Waals surface area (Å²) in [7, 11) is 0. The van der Waals surface area contributed by atoms with Crippen molar-refractivity contribution in [1.29, 1.82) is 0 Å². The lowest BCUT2D eigenvalue weighted by atomic mass is 9.71. The number of hydrogen-bond acceptors (Lipinski definition) is 2. The number of carbonyl (C=O) groups is 2. The Balaban J connectivity index is 3.18. The van der Waals surface area contributed by atoms with Crippen LogP contribution < -0.4 is 0 Å². The monoisotopic (exact) mass is 274 g/mol. The zero-order chi connectivity index (χ0) is 11.6. The molecule has 2 unspecified atom stereocenters. The summed E-state index contributed by atoms with van der Waals surface area (Å²) in [4.78, 5) is 22.1. The van der Waals surface area contributed by atoms with Crippen LogP contribution in [0.3, 0.4) is 0 Å². The van der Waals surface area contributed by atoms with Gasteiger partial charge in [-0.25, -0.2) is 4.79 Å².